The zero-order chi connectivity index (χ0) is 15.0. The Kier molecular flexibility index (Phi) is 3.54. The molecule has 0 aromatic heterocycles. The zero-order valence-electron chi connectivity index (χ0n) is 13.2. The van der Waals surface area contributed by atoms with E-state index in [1.54, 1.807) is 0 Å². The molecule has 3 rings (SSSR count). The van der Waals surface area contributed by atoms with Gasteiger partial charge in [0.15, 0.2) is 6.21 Å². The van der Waals surface area contributed by atoms with Crippen LogP contribution in [0.3, 0.4) is 0 Å². The van der Waals surface area contributed by atoms with Gasteiger partial charge < -0.3 is 4.74 Å². The first-order chi connectivity index (χ1) is 10.1. The highest BCUT2D eigenvalue weighted by Crippen LogP contribution is 2.31. The van der Waals surface area contributed by atoms with Gasteiger partial charge in [0.25, 0.3) is 6.73 Å². The Morgan fingerprint density at radius 1 is 1.10 bits per heavy atom. The van der Waals surface area contributed by atoms with E-state index in [0.717, 1.165) is 11.3 Å². The van der Waals surface area contributed by atoms with Gasteiger partial charge >= 0.3 is 0 Å². The van der Waals surface area contributed by atoms with Crippen molar-refractivity contribution in [2.45, 2.75) is 33.6 Å². The Morgan fingerprint density at radius 3 is 2.62 bits per heavy atom. The number of fused-ring (bicyclic) bond motifs is 1. The van der Waals surface area contributed by atoms with Crippen LogP contribution in [0.4, 0.5) is 5.69 Å². The molecule has 0 unspecified atom stereocenters. The van der Waals surface area contributed by atoms with Crippen molar-refractivity contribution < 1.29 is 9.31 Å². The number of aryl methyl sites for hydroxylation is 2. The van der Waals surface area contributed by atoms with Crippen LogP contribution in [0.2, 0.25) is 0 Å². The standard InChI is InChI=1S/C19H22NO/c1-13(2)17-7-5-6-8-18(17)20-11-16-10-14(3)9-15(4)19(16)21-12-20/h5-11,13H,12H2,1-4H3/q+1. The average molecular weight is 280 g/mol. The SMILES string of the molecule is Cc1cc(C)c2c(c1)C=[N+](c1ccccc1C(C)C)CO2. The quantitative estimate of drug-likeness (QED) is 0.736. The van der Waals surface area contributed by atoms with E-state index in [9.17, 15) is 0 Å². The van der Waals surface area contributed by atoms with Crippen LogP contribution in [0.5, 0.6) is 5.75 Å². The largest absolute Gasteiger partial charge is 0.435 e. The predicted octanol–water partition coefficient (Wildman–Crippen LogP) is 4.54. The third kappa shape index (κ3) is 2.58. The molecule has 1 aliphatic heterocycles. The Balaban J connectivity index is 2.11. The highest BCUT2D eigenvalue weighted by Gasteiger charge is 2.23. The van der Waals surface area contributed by atoms with Crippen LogP contribution in [0.1, 0.15) is 42.0 Å². The van der Waals surface area contributed by atoms with Gasteiger partial charge in [0.05, 0.1) is 5.56 Å². The average Bonchev–Trinajstić information content (AvgIpc) is 2.46. The summed E-state index contributed by atoms with van der Waals surface area (Å²) >= 11 is 0. The predicted molar refractivity (Wildman–Crippen MR) is 87.0 cm³/mol. The molecule has 21 heavy (non-hydrogen) atoms. The van der Waals surface area contributed by atoms with E-state index in [0.29, 0.717) is 12.6 Å². The first-order valence-corrected chi connectivity index (χ1v) is 7.50. The number of hydrogen-bond acceptors (Lipinski definition) is 1. The maximum atomic E-state index is 6.01. The lowest BCUT2D eigenvalue weighted by Gasteiger charge is -2.18. The van der Waals surface area contributed by atoms with Crippen LogP contribution in [-0.4, -0.2) is 17.5 Å². The summed E-state index contributed by atoms with van der Waals surface area (Å²) in [6.07, 6.45) is 2.21. The Hall–Kier alpha value is -2.09. The molecule has 108 valence electrons. The second-order valence-electron chi connectivity index (χ2n) is 6.09. The number of nitrogens with zero attached hydrogens (tertiary/aromatic N) is 1. The summed E-state index contributed by atoms with van der Waals surface area (Å²) in [4.78, 5) is 0. The molecule has 2 aromatic rings. The van der Waals surface area contributed by atoms with Crippen LogP contribution in [-0.2, 0) is 0 Å². The summed E-state index contributed by atoms with van der Waals surface area (Å²) in [5.74, 6) is 1.51. The summed E-state index contributed by atoms with van der Waals surface area (Å²) in [6.45, 7) is 9.26. The van der Waals surface area contributed by atoms with Gasteiger partial charge in [-0.05, 0) is 37.0 Å². The van der Waals surface area contributed by atoms with Gasteiger partial charge in [-0.3, -0.25) is 0 Å². The van der Waals surface area contributed by atoms with Crippen LogP contribution < -0.4 is 4.74 Å². The molecule has 0 atom stereocenters. The first-order valence-electron chi connectivity index (χ1n) is 7.50. The van der Waals surface area contributed by atoms with Crippen molar-refractivity contribution in [2.24, 2.45) is 0 Å². The maximum Gasteiger partial charge on any atom is 0.292 e. The molecule has 1 aliphatic rings. The molecule has 2 aromatic carbocycles. The number of benzene rings is 2. The van der Waals surface area contributed by atoms with E-state index in [-0.39, 0.29) is 0 Å². The summed E-state index contributed by atoms with van der Waals surface area (Å²) in [6, 6.07) is 12.9. The number of para-hydroxylation sites is 1. The fourth-order valence-corrected chi connectivity index (χ4v) is 3.00. The molecule has 0 bridgehead atoms. The Labute approximate surface area is 126 Å². The minimum absolute atomic E-state index is 0.496. The molecule has 0 radical (unpaired) electrons. The Bertz CT molecular complexity index is 714. The first kappa shape index (κ1) is 13.9. The number of rotatable bonds is 2. The normalized spacial score (nSPS) is 13.7. The molecule has 1 heterocycles. The van der Waals surface area contributed by atoms with Crippen molar-refractivity contribution in [3.8, 4) is 5.75 Å². The molecule has 0 aliphatic carbocycles. The molecule has 0 amide bonds. The van der Waals surface area contributed by atoms with E-state index in [2.05, 4.69) is 74.9 Å². The zero-order valence-corrected chi connectivity index (χ0v) is 13.2. The van der Waals surface area contributed by atoms with Gasteiger partial charge in [0, 0.05) is 11.6 Å². The second kappa shape index (κ2) is 5.36. The van der Waals surface area contributed by atoms with Crippen molar-refractivity contribution >= 4 is 11.9 Å². The van der Waals surface area contributed by atoms with Gasteiger partial charge in [-0.2, -0.15) is 4.58 Å². The lowest BCUT2D eigenvalue weighted by molar-refractivity contribution is -0.476. The van der Waals surface area contributed by atoms with E-state index in [1.165, 1.54) is 22.4 Å². The van der Waals surface area contributed by atoms with Crippen molar-refractivity contribution in [2.75, 3.05) is 6.73 Å². The monoisotopic (exact) mass is 280 g/mol. The summed E-state index contributed by atoms with van der Waals surface area (Å²) in [5, 5.41) is 0. The fraction of sp³-hybridized carbons (Fsp3) is 0.316. The molecule has 0 spiro atoms. The van der Waals surface area contributed by atoms with E-state index < -0.39 is 0 Å². The molecule has 2 heteroatoms. The molecule has 0 N–H and O–H groups in total. The lowest BCUT2D eigenvalue weighted by atomic mass is 10.0. The molecule has 0 saturated heterocycles. The van der Waals surface area contributed by atoms with Gasteiger partial charge in [0.2, 0.25) is 5.69 Å². The molecule has 0 saturated carbocycles. The number of ether oxygens (including phenoxy) is 1. The Morgan fingerprint density at radius 2 is 1.86 bits per heavy atom. The minimum Gasteiger partial charge on any atom is -0.435 e. The highest BCUT2D eigenvalue weighted by atomic mass is 16.5. The third-order valence-corrected chi connectivity index (χ3v) is 3.96. The van der Waals surface area contributed by atoms with Crippen LogP contribution in [0, 0.1) is 13.8 Å². The van der Waals surface area contributed by atoms with Crippen LogP contribution >= 0.6 is 0 Å². The highest BCUT2D eigenvalue weighted by molar-refractivity contribution is 5.83. The maximum absolute atomic E-state index is 6.01. The van der Waals surface area contributed by atoms with Crippen molar-refractivity contribution in [1.29, 1.82) is 0 Å². The molecular formula is C19H22NO+. The molecular weight excluding hydrogens is 258 g/mol. The van der Waals surface area contributed by atoms with Crippen molar-refractivity contribution in [3.05, 3.63) is 58.7 Å². The second-order valence-corrected chi connectivity index (χ2v) is 6.09. The van der Waals surface area contributed by atoms with Gasteiger partial charge in [-0.25, -0.2) is 0 Å². The summed E-state index contributed by atoms with van der Waals surface area (Å²) in [5.41, 5.74) is 6.22. The van der Waals surface area contributed by atoms with Crippen molar-refractivity contribution in [1.82, 2.24) is 0 Å². The van der Waals surface area contributed by atoms with Crippen molar-refractivity contribution in [3.63, 3.8) is 0 Å². The smallest absolute Gasteiger partial charge is 0.292 e. The molecule has 0 fully saturated rings. The van der Waals surface area contributed by atoms with E-state index >= 15 is 0 Å². The van der Waals surface area contributed by atoms with E-state index in [4.69, 9.17) is 4.74 Å². The molecule has 2 nitrogen and oxygen atoms in total. The van der Waals surface area contributed by atoms with Crippen LogP contribution in [0.15, 0.2) is 36.4 Å². The summed E-state index contributed by atoms with van der Waals surface area (Å²) in [7, 11) is 0. The van der Waals surface area contributed by atoms with Gasteiger partial charge in [0.1, 0.15) is 5.75 Å². The lowest BCUT2D eigenvalue weighted by Crippen LogP contribution is -2.22. The summed E-state index contributed by atoms with van der Waals surface area (Å²) < 4.78 is 8.21. The third-order valence-electron chi connectivity index (χ3n) is 3.96. The minimum atomic E-state index is 0.496. The van der Waals surface area contributed by atoms with E-state index in [1.807, 2.05) is 0 Å². The topological polar surface area (TPSA) is 12.2 Å². The fourth-order valence-electron chi connectivity index (χ4n) is 3.00. The number of hydrogen-bond donors (Lipinski definition) is 0. The van der Waals surface area contributed by atoms with Gasteiger partial charge in [-0.1, -0.05) is 38.1 Å². The van der Waals surface area contributed by atoms with Crippen LogP contribution in [0.25, 0.3) is 0 Å². The van der Waals surface area contributed by atoms with Gasteiger partial charge in [-0.15, -0.1) is 0 Å².